The molecule has 24 heavy (non-hydrogen) atoms. The summed E-state index contributed by atoms with van der Waals surface area (Å²) in [4.78, 5) is 23.5. The highest BCUT2D eigenvalue weighted by molar-refractivity contribution is 5.68. The summed E-state index contributed by atoms with van der Waals surface area (Å²) >= 11 is 0. The van der Waals surface area contributed by atoms with E-state index in [2.05, 4.69) is 0 Å². The normalized spacial score (nSPS) is 26.5. The van der Waals surface area contributed by atoms with Crippen LogP contribution in [-0.2, 0) is 9.53 Å². The molecule has 2 aliphatic rings. The quantitative estimate of drug-likeness (QED) is 0.852. The summed E-state index contributed by atoms with van der Waals surface area (Å²) in [5.41, 5.74) is 0.691. The van der Waals surface area contributed by atoms with E-state index in [-0.39, 0.29) is 30.5 Å². The molecule has 1 aromatic heterocycles. The molecular weight excluding hydrogens is 312 g/mol. The molecule has 6 heteroatoms. The maximum atomic E-state index is 12.1. The van der Waals surface area contributed by atoms with Gasteiger partial charge >= 0.3 is 11.6 Å². The largest absolute Gasteiger partial charge is 0.485 e. The molecule has 0 bridgehead atoms. The number of fused-ring (bicyclic) bond motifs is 2. The van der Waals surface area contributed by atoms with Gasteiger partial charge in [-0.2, -0.15) is 0 Å². The van der Waals surface area contributed by atoms with E-state index in [1.807, 2.05) is 6.92 Å². The van der Waals surface area contributed by atoms with Crippen molar-refractivity contribution in [3.05, 3.63) is 33.4 Å². The van der Waals surface area contributed by atoms with Crippen LogP contribution < -0.4 is 10.4 Å². The lowest BCUT2D eigenvalue weighted by Gasteiger charge is -2.40. The zero-order valence-electron chi connectivity index (χ0n) is 14.1. The van der Waals surface area contributed by atoms with Crippen molar-refractivity contribution in [3.63, 3.8) is 0 Å². The number of esters is 1. The van der Waals surface area contributed by atoms with Crippen molar-refractivity contribution in [3.8, 4) is 5.75 Å². The molecule has 0 spiro atoms. The van der Waals surface area contributed by atoms with Crippen LogP contribution in [0.1, 0.15) is 38.0 Å². The molecular formula is C18H22O6. The van der Waals surface area contributed by atoms with Crippen molar-refractivity contribution < 1.29 is 23.8 Å². The Morgan fingerprint density at radius 3 is 2.88 bits per heavy atom. The summed E-state index contributed by atoms with van der Waals surface area (Å²) in [6, 6.07) is 1.70. The molecule has 1 unspecified atom stereocenters. The molecule has 1 saturated carbocycles. The third-order valence-corrected chi connectivity index (χ3v) is 4.83. The Kier molecular flexibility index (Phi) is 4.49. The average Bonchev–Trinajstić information content (AvgIpc) is 2.51. The molecule has 1 N–H and O–H groups in total. The van der Waals surface area contributed by atoms with Gasteiger partial charge < -0.3 is 19.0 Å². The van der Waals surface area contributed by atoms with E-state index < -0.39 is 11.7 Å². The van der Waals surface area contributed by atoms with Crippen LogP contribution in [-0.4, -0.2) is 29.9 Å². The number of aliphatic hydroxyl groups excluding tert-OH is 1. The second kappa shape index (κ2) is 6.43. The summed E-state index contributed by atoms with van der Waals surface area (Å²) in [7, 11) is 0. The Bertz CT molecular complexity index is 732. The van der Waals surface area contributed by atoms with Gasteiger partial charge in [0.15, 0.2) is 0 Å². The van der Waals surface area contributed by atoms with Crippen LogP contribution in [0, 0.1) is 18.8 Å². The summed E-state index contributed by atoms with van der Waals surface area (Å²) < 4.78 is 16.6. The number of rotatable bonds is 3. The van der Waals surface area contributed by atoms with Crippen LogP contribution in [0.2, 0.25) is 0 Å². The highest BCUT2D eigenvalue weighted by Gasteiger charge is 2.40. The molecule has 3 rings (SSSR count). The standard InChI is InChI=1S/C18H22O6/c1-9(8-19)12-5-16(23-11(3)20)13-7-14-15(24-17(13)6-12)4-10(2)22-18(14)21/h4,7,9,12,16-17,19H,5-6,8H2,1-3H3/t9?,12-,16+,17-/m0/s1. The molecule has 0 saturated heterocycles. The maximum Gasteiger partial charge on any atom is 0.346 e. The Morgan fingerprint density at radius 1 is 1.46 bits per heavy atom. The van der Waals surface area contributed by atoms with E-state index in [1.165, 1.54) is 6.92 Å². The Labute approximate surface area is 140 Å². The third kappa shape index (κ3) is 3.11. The van der Waals surface area contributed by atoms with E-state index in [0.717, 1.165) is 5.57 Å². The molecule has 1 aliphatic carbocycles. The van der Waals surface area contributed by atoms with Gasteiger partial charge in [-0.05, 0) is 37.7 Å². The van der Waals surface area contributed by atoms with Gasteiger partial charge in [0, 0.05) is 25.2 Å². The molecule has 2 heterocycles. The summed E-state index contributed by atoms with van der Waals surface area (Å²) in [6.45, 7) is 5.11. The Hall–Kier alpha value is -2.08. The zero-order chi connectivity index (χ0) is 17.4. The van der Waals surface area contributed by atoms with Crippen LogP contribution >= 0.6 is 0 Å². The van der Waals surface area contributed by atoms with Crippen molar-refractivity contribution in [2.24, 2.45) is 11.8 Å². The highest BCUT2D eigenvalue weighted by Crippen LogP contribution is 2.41. The fourth-order valence-corrected chi connectivity index (χ4v) is 3.50. The van der Waals surface area contributed by atoms with Crippen molar-refractivity contribution in [1.29, 1.82) is 0 Å². The van der Waals surface area contributed by atoms with Gasteiger partial charge in [-0.1, -0.05) is 6.92 Å². The van der Waals surface area contributed by atoms with E-state index in [0.29, 0.717) is 29.9 Å². The molecule has 0 aromatic carbocycles. The SMILES string of the molecule is CC(=O)O[C@@H]1C[C@H](C(C)CO)C[C@@H]2Oc3cc(C)oc(=O)c3C=C21. The van der Waals surface area contributed by atoms with Gasteiger partial charge in [0.2, 0.25) is 0 Å². The zero-order valence-corrected chi connectivity index (χ0v) is 14.1. The van der Waals surface area contributed by atoms with Crippen LogP contribution in [0.4, 0.5) is 0 Å². The molecule has 1 aromatic rings. The minimum Gasteiger partial charge on any atom is -0.485 e. The molecule has 1 fully saturated rings. The first kappa shape index (κ1) is 16.8. The first-order chi connectivity index (χ1) is 11.4. The highest BCUT2D eigenvalue weighted by atomic mass is 16.5. The molecule has 6 nitrogen and oxygen atoms in total. The summed E-state index contributed by atoms with van der Waals surface area (Å²) in [6.07, 6.45) is 2.34. The minimum absolute atomic E-state index is 0.0719. The molecule has 4 atom stereocenters. The van der Waals surface area contributed by atoms with Gasteiger partial charge in [-0.3, -0.25) is 4.79 Å². The number of carbonyl (C=O) groups is 1. The fraction of sp³-hybridized carbons (Fsp3) is 0.556. The second-order valence-electron chi connectivity index (χ2n) is 6.66. The van der Waals surface area contributed by atoms with Crippen LogP contribution in [0.3, 0.4) is 0 Å². The van der Waals surface area contributed by atoms with Gasteiger partial charge in [0.25, 0.3) is 0 Å². The Morgan fingerprint density at radius 2 is 2.21 bits per heavy atom. The monoisotopic (exact) mass is 334 g/mol. The lowest BCUT2D eigenvalue weighted by molar-refractivity contribution is -0.147. The lowest BCUT2D eigenvalue weighted by atomic mass is 9.75. The van der Waals surface area contributed by atoms with Crippen molar-refractivity contribution in [2.75, 3.05) is 6.61 Å². The van der Waals surface area contributed by atoms with Crippen molar-refractivity contribution >= 4 is 12.0 Å². The molecule has 1 aliphatic heterocycles. The second-order valence-corrected chi connectivity index (χ2v) is 6.66. The lowest BCUT2D eigenvalue weighted by Crippen LogP contribution is -2.42. The van der Waals surface area contributed by atoms with Gasteiger partial charge in [-0.25, -0.2) is 4.79 Å². The number of aryl methyl sites for hydroxylation is 1. The van der Waals surface area contributed by atoms with Crippen LogP contribution in [0.15, 0.2) is 20.9 Å². The molecule has 0 radical (unpaired) electrons. The Balaban J connectivity index is 2.00. The predicted molar refractivity (Wildman–Crippen MR) is 86.6 cm³/mol. The topological polar surface area (TPSA) is 86.0 Å². The van der Waals surface area contributed by atoms with E-state index in [9.17, 15) is 14.7 Å². The van der Waals surface area contributed by atoms with E-state index in [4.69, 9.17) is 13.9 Å². The smallest absolute Gasteiger partial charge is 0.346 e. The number of hydrogen-bond donors (Lipinski definition) is 1. The van der Waals surface area contributed by atoms with E-state index >= 15 is 0 Å². The molecule has 0 amide bonds. The number of aliphatic hydroxyl groups is 1. The first-order valence-electron chi connectivity index (χ1n) is 8.20. The van der Waals surface area contributed by atoms with Crippen molar-refractivity contribution in [1.82, 2.24) is 0 Å². The average molecular weight is 334 g/mol. The predicted octanol–water partition coefficient (Wildman–Crippen LogP) is 2.06. The number of hydrogen-bond acceptors (Lipinski definition) is 6. The summed E-state index contributed by atoms with van der Waals surface area (Å²) in [5, 5.41) is 9.46. The maximum absolute atomic E-state index is 12.1. The van der Waals surface area contributed by atoms with Crippen LogP contribution in [0.5, 0.6) is 5.75 Å². The summed E-state index contributed by atoms with van der Waals surface area (Å²) in [5.74, 6) is 0.861. The minimum atomic E-state index is -0.455. The number of carbonyl (C=O) groups excluding carboxylic acids is 1. The third-order valence-electron chi connectivity index (χ3n) is 4.83. The van der Waals surface area contributed by atoms with Gasteiger partial charge in [0.05, 0.1) is 0 Å². The number of ether oxygens (including phenoxy) is 2. The first-order valence-corrected chi connectivity index (χ1v) is 8.20. The van der Waals surface area contributed by atoms with Gasteiger partial charge in [-0.15, -0.1) is 0 Å². The fourth-order valence-electron chi connectivity index (χ4n) is 3.50. The van der Waals surface area contributed by atoms with Gasteiger partial charge in [0.1, 0.15) is 29.3 Å². The van der Waals surface area contributed by atoms with Crippen molar-refractivity contribution in [2.45, 2.75) is 45.8 Å². The molecule has 130 valence electrons. The van der Waals surface area contributed by atoms with E-state index in [1.54, 1.807) is 19.1 Å². The van der Waals surface area contributed by atoms with Crippen LogP contribution in [0.25, 0.3) is 6.08 Å².